The summed E-state index contributed by atoms with van der Waals surface area (Å²) in [5.74, 6) is -2.09. The molecule has 32 heavy (non-hydrogen) atoms. The summed E-state index contributed by atoms with van der Waals surface area (Å²) in [7, 11) is 0. The van der Waals surface area contributed by atoms with Crippen LogP contribution in [0.25, 0.3) is 16.2 Å². The molecule has 168 valence electrons. The minimum absolute atomic E-state index is 0.00975. The molecular formula is C20H21FN6O4S. The molecule has 1 fully saturated rings. The maximum absolute atomic E-state index is 14.9. The van der Waals surface area contributed by atoms with Crippen molar-refractivity contribution >= 4 is 40.3 Å². The third-order valence-electron chi connectivity index (χ3n) is 5.27. The molecule has 0 spiro atoms. The second-order valence-electron chi connectivity index (χ2n) is 8.01. The Morgan fingerprint density at radius 2 is 2.12 bits per heavy atom. The van der Waals surface area contributed by atoms with Gasteiger partial charge in [0, 0.05) is 37.4 Å². The molecule has 0 aliphatic carbocycles. The zero-order valence-corrected chi connectivity index (χ0v) is 18.2. The number of amides is 1. The normalized spacial score (nSPS) is 14.1. The Balaban J connectivity index is 1.65. The van der Waals surface area contributed by atoms with Gasteiger partial charge in [0.05, 0.1) is 11.3 Å². The van der Waals surface area contributed by atoms with Gasteiger partial charge in [-0.05, 0) is 18.4 Å². The number of fused-ring (bicyclic) bond motifs is 1. The van der Waals surface area contributed by atoms with Crippen molar-refractivity contribution in [2.24, 2.45) is 11.8 Å². The van der Waals surface area contributed by atoms with Gasteiger partial charge >= 0.3 is 5.97 Å². The minimum atomic E-state index is -1.44. The molecule has 1 saturated heterocycles. The van der Waals surface area contributed by atoms with Crippen molar-refractivity contribution < 1.29 is 19.1 Å². The second-order valence-corrected chi connectivity index (χ2v) is 8.77. The van der Waals surface area contributed by atoms with Crippen molar-refractivity contribution in [3.63, 3.8) is 0 Å². The van der Waals surface area contributed by atoms with E-state index < -0.39 is 22.8 Å². The van der Waals surface area contributed by atoms with Gasteiger partial charge in [0.15, 0.2) is 17.3 Å². The van der Waals surface area contributed by atoms with Crippen LogP contribution >= 0.6 is 11.5 Å². The van der Waals surface area contributed by atoms with E-state index in [0.29, 0.717) is 25.6 Å². The second kappa shape index (κ2) is 8.61. The van der Waals surface area contributed by atoms with Gasteiger partial charge in [-0.2, -0.15) is 4.37 Å². The first-order chi connectivity index (χ1) is 15.3. The summed E-state index contributed by atoms with van der Waals surface area (Å²) in [5, 5.41) is 12.4. The Morgan fingerprint density at radius 3 is 2.75 bits per heavy atom. The predicted octanol–water partition coefficient (Wildman–Crippen LogP) is 1.67. The smallest absolute Gasteiger partial charge is 0.341 e. The van der Waals surface area contributed by atoms with Crippen LogP contribution in [0.2, 0.25) is 0 Å². The lowest BCUT2D eigenvalue weighted by Gasteiger charge is -2.39. The van der Waals surface area contributed by atoms with E-state index in [0.717, 1.165) is 30.2 Å². The van der Waals surface area contributed by atoms with Gasteiger partial charge in [0.25, 0.3) is 0 Å². The molecular weight excluding hydrogens is 439 g/mol. The largest absolute Gasteiger partial charge is 0.477 e. The Kier molecular flexibility index (Phi) is 5.87. The number of nitrogens with one attached hydrogen (secondary N) is 1. The van der Waals surface area contributed by atoms with E-state index in [1.165, 1.54) is 10.9 Å². The first-order valence-electron chi connectivity index (χ1n) is 10.0. The number of carbonyl (C=O) groups excluding carboxylic acids is 1. The highest BCUT2D eigenvalue weighted by atomic mass is 32.1. The molecule has 0 unspecified atom stereocenters. The monoisotopic (exact) mass is 460 g/mol. The van der Waals surface area contributed by atoms with E-state index in [2.05, 4.69) is 33.5 Å². The van der Waals surface area contributed by atoms with E-state index >= 15 is 0 Å². The average molecular weight is 460 g/mol. The van der Waals surface area contributed by atoms with Crippen LogP contribution in [-0.2, 0) is 4.79 Å². The standard InChI is InChI=1S/C20H21FN6O4S/c1-10(2)3-4-22-18(29)11-6-26(7-11)17-14(21)5-12-15(28)13(19(30)31)8-27(16(12)25-17)20-23-9-24-32-20/h5,8-11H,3-4,6-7H2,1-2H3,(H,22,29)(H,30,31). The number of hydrogen-bond donors (Lipinski definition) is 2. The molecule has 1 amide bonds. The summed E-state index contributed by atoms with van der Waals surface area (Å²) >= 11 is 0.976. The molecule has 0 aromatic carbocycles. The third kappa shape index (κ3) is 4.05. The molecule has 1 aliphatic rings. The van der Waals surface area contributed by atoms with Gasteiger partial charge in [-0.15, -0.1) is 0 Å². The number of aromatic carboxylic acids is 1. The van der Waals surface area contributed by atoms with E-state index in [-0.39, 0.29) is 33.8 Å². The Morgan fingerprint density at radius 1 is 1.38 bits per heavy atom. The molecule has 3 aromatic rings. The zero-order valence-electron chi connectivity index (χ0n) is 17.4. The number of anilines is 1. The number of rotatable bonds is 7. The molecule has 4 heterocycles. The fraction of sp³-hybridized carbons (Fsp3) is 0.400. The number of halogens is 1. The van der Waals surface area contributed by atoms with Crippen molar-refractivity contribution in [3.8, 4) is 5.13 Å². The van der Waals surface area contributed by atoms with Gasteiger partial charge < -0.3 is 15.3 Å². The van der Waals surface area contributed by atoms with Gasteiger partial charge in [0.1, 0.15) is 11.9 Å². The molecule has 4 rings (SSSR count). The lowest BCUT2D eigenvalue weighted by Crippen LogP contribution is -2.54. The molecule has 0 radical (unpaired) electrons. The number of nitrogens with zero attached hydrogens (tertiary/aromatic N) is 5. The summed E-state index contributed by atoms with van der Waals surface area (Å²) in [6.07, 6.45) is 3.28. The molecule has 0 atom stereocenters. The van der Waals surface area contributed by atoms with E-state index in [1.807, 2.05) is 0 Å². The summed E-state index contributed by atoms with van der Waals surface area (Å²) < 4.78 is 20.1. The van der Waals surface area contributed by atoms with Crippen LogP contribution in [-0.4, -0.2) is 55.5 Å². The topological polar surface area (TPSA) is 130 Å². The van der Waals surface area contributed by atoms with Crippen LogP contribution < -0.4 is 15.6 Å². The van der Waals surface area contributed by atoms with Crippen LogP contribution in [0.3, 0.4) is 0 Å². The van der Waals surface area contributed by atoms with E-state index in [1.54, 1.807) is 4.90 Å². The number of aromatic nitrogens is 4. The lowest BCUT2D eigenvalue weighted by molar-refractivity contribution is -0.125. The average Bonchev–Trinajstić information content (AvgIpc) is 3.22. The zero-order chi connectivity index (χ0) is 23.0. The highest BCUT2D eigenvalue weighted by Crippen LogP contribution is 2.28. The van der Waals surface area contributed by atoms with Gasteiger partial charge in [0.2, 0.25) is 16.5 Å². The minimum Gasteiger partial charge on any atom is -0.477 e. The highest BCUT2D eigenvalue weighted by Gasteiger charge is 2.35. The van der Waals surface area contributed by atoms with Crippen molar-refractivity contribution in [1.82, 2.24) is 24.2 Å². The van der Waals surface area contributed by atoms with Crippen molar-refractivity contribution in [1.29, 1.82) is 0 Å². The van der Waals surface area contributed by atoms with Crippen LogP contribution in [0.5, 0.6) is 0 Å². The van der Waals surface area contributed by atoms with Crippen LogP contribution in [0.1, 0.15) is 30.6 Å². The van der Waals surface area contributed by atoms with Crippen molar-refractivity contribution in [2.75, 3.05) is 24.5 Å². The molecule has 1 aliphatic heterocycles. The number of hydrogen-bond acceptors (Lipinski definition) is 8. The summed E-state index contributed by atoms with van der Waals surface area (Å²) in [6.45, 7) is 5.33. The van der Waals surface area contributed by atoms with Crippen molar-refractivity contribution in [3.05, 3.63) is 40.2 Å². The summed E-state index contributed by atoms with van der Waals surface area (Å²) in [6, 6.07) is 0.986. The molecule has 0 saturated carbocycles. The quantitative estimate of drug-likeness (QED) is 0.545. The number of carbonyl (C=O) groups is 2. The first-order valence-corrected chi connectivity index (χ1v) is 10.8. The van der Waals surface area contributed by atoms with E-state index in [4.69, 9.17) is 0 Å². The maximum atomic E-state index is 14.9. The van der Waals surface area contributed by atoms with Gasteiger partial charge in [-0.3, -0.25) is 14.2 Å². The van der Waals surface area contributed by atoms with Crippen molar-refractivity contribution in [2.45, 2.75) is 20.3 Å². The summed E-state index contributed by atoms with van der Waals surface area (Å²) in [4.78, 5) is 46.4. The number of carboxylic acids is 1. The highest BCUT2D eigenvalue weighted by molar-refractivity contribution is 7.08. The van der Waals surface area contributed by atoms with Crippen LogP contribution in [0, 0.1) is 17.7 Å². The molecule has 10 nitrogen and oxygen atoms in total. The molecule has 3 aromatic heterocycles. The van der Waals surface area contributed by atoms with Gasteiger partial charge in [-0.25, -0.2) is 19.2 Å². The Hall–Kier alpha value is -3.41. The SMILES string of the molecule is CC(C)CCNC(=O)C1CN(c2nc3c(cc2F)c(=O)c(C(=O)O)cn3-c2ncns2)C1. The lowest BCUT2D eigenvalue weighted by atomic mass is 9.98. The van der Waals surface area contributed by atoms with Crippen LogP contribution in [0.15, 0.2) is 23.4 Å². The van der Waals surface area contributed by atoms with Gasteiger partial charge in [-0.1, -0.05) is 13.8 Å². The first kappa shape index (κ1) is 21.8. The van der Waals surface area contributed by atoms with E-state index in [9.17, 15) is 23.9 Å². The Labute approximate surface area is 185 Å². The fourth-order valence-electron chi connectivity index (χ4n) is 3.45. The third-order valence-corrected chi connectivity index (χ3v) is 5.94. The number of pyridine rings is 2. The predicted molar refractivity (Wildman–Crippen MR) is 116 cm³/mol. The number of carboxylic acid groups (broad SMARTS) is 1. The summed E-state index contributed by atoms with van der Waals surface area (Å²) in [5.41, 5.74) is -1.29. The van der Waals surface area contributed by atoms with Crippen LogP contribution in [0.4, 0.5) is 10.2 Å². The molecule has 0 bridgehead atoms. The molecule has 2 N–H and O–H groups in total. The Bertz CT molecular complexity index is 1240. The maximum Gasteiger partial charge on any atom is 0.341 e. The molecule has 12 heteroatoms. The fourth-order valence-corrected chi connectivity index (χ4v) is 3.96.